The zero-order valence-electron chi connectivity index (χ0n) is 12.2. The molecule has 0 bridgehead atoms. The van der Waals surface area contributed by atoms with Crippen LogP contribution in [-0.2, 0) is 11.3 Å². The third-order valence-corrected chi connectivity index (χ3v) is 3.15. The minimum atomic E-state index is -0.124. The molecule has 0 spiro atoms. The summed E-state index contributed by atoms with van der Waals surface area (Å²) in [5, 5.41) is 6.02. The van der Waals surface area contributed by atoms with Gasteiger partial charge in [0.1, 0.15) is 0 Å². The summed E-state index contributed by atoms with van der Waals surface area (Å²) >= 11 is 0. The van der Waals surface area contributed by atoms with Gasteiger partial charge in [0.05, 0.1) is 5.57 Å². The number of allylic oxidation sites excluding steroid dienone is 3. The van der Waals surface area contributed by atoms with Crippen LogP contribution in [0, 0.1) is 6.92 Å². The molecule has 0 saturated carbocycles. The second-order valence-corrected chi connectivity index (χ2v) is 4.95. The second kappa shape index (κ2) is 7.29. The Bertz CT molecular complexity index is 624. The number of carbonyl (C=O) groups excluding carboxylic acids is 1. The van der Waals surface area contributed by atoms with E-state index >= 15 is 0 Å². The Morgan fingerprint density at radius 2 is 2.24 bits per heavy atom. The van der Waals surface area contributed by atoms with E-state index in [4.69, 9.17) is 0 Å². The van der Waals surface area contributed by atoms with E-state index in [9.17, 15) is 4.79 Å². The van der Waals surface area contributed by atoms with Crippen molar-refractivity contribution in [2.75, 3.05) is 6.54 Å². The zero-order chi connectivity index (χ0) is 15.1. The molecule has 1 amide bonds. The topological polar surface area (TPSA) is 41.1 Å². The number of nitrogens with one attached hydrogen (secondary N) is 2. The summed E-state index contributed by atoms with van der Waals surface area (Å²) in [5.41, 5.74) is 3.52. The van der Waals surface area contributed by atoms with Crippen LogP contribution in [0.3, 0.4) is 0 Å². The Balaban J connectivity index is 2.03. The van der Waals surface area contributed by atoms with Crippen molar-refractivity contribution in [3.8, 4) is 0 Å². The van der Waals surface area contributed by atoms with Gasteiger partial charge in [-0.3, -0.25) is 4.79 Å². The highest BCUT2D eigenvalue weighted by Crippen LogP contribution is 2.11. The number of rotatable bonds is 3. The van der Waals surface area contributed by atoms with Crippen molar-refractivity contribution in [3.63, 3.8) is 0 Å². The van der Waals surface area contributed by atoms with Crippen LogP contribution < -0.4 is 10.6 Å². The van der Waals surface area contributed by atoms with E-state index < -0.39 is 0 Å². The molecule has 1 aromatic carbocycles. The molecule has 0 aromatic heterocycles. The van der Waals surface area contributed by atoms with Gasteiger partial charge in [-0.25, -0.2) is 0 Å². The molecule has 1 aliphatic heterocycles. The Morgan fingerprint density at radius 3 is 3.05 bits per heavy atom. The van der Waals surface area contributed by atoms with Crippen LogP contribution in [0.5, 0.6) is 0 Å². The Morgan fingerprint density at radius 1 is 1.38 bits per heavy atom. The van der Waals surface area contributed by atoms with Gasteiger partial charge in [-0.2, -0.15) is 0 Å². The second-order valence-electron chi connectivity index (χ2n) is 4.95. The van der Waals surface area contributed by atoms with E-state index in [0.29, 0.717) is 24.2 Å². The molecule has 21 heavy (non-hydrogen) atoms. The first-order valence-corrected chi connectivity index (χ1v) is 6.96. The van der Waals surface area contributed by atoms with Gasteiger partial charge in [0, 0.05) is 19.3 Å². The van der Waals surface area contributed by atoms with Crippen molar-refractivity contribution in [2.24, 2.45) is 0 Å². The quantitative estimate of drug-likeness (QED) is 0.894. The van der Waals surface area contributed by atoms with E-state index in [1.54, 1.807) is 6.20 Å². The van der Waals surface area contributed by atoms with E-state index in [0.717, 1.165) is 5.56 Å². The fourth-order valence-electron chi connectivity index (χ4n) is 2.04. The van der Waals surface area contributed by atoms with Crippen LogP contribution >= 0.6 is 0 Å². The lowest BCUT2D eigenvalue weighted by Crippen LogP contribution is -2.26. The maximum absolute atomic E-state index is 12.3. The normalized spacial score (nSPS) is 20.0. The summed E-state index contributed by atoms with van der Waals surface area (Å²) in [6.45, 7) is 7.17. The van der Waals surface area contributed by atoms with E-state index in [-0.39, 0.29) is 5.91 Å². The molecule has 1 heterocycles. The van der Waals surface area contributed by atoms with Gasteiger partial charge in [0.2, 0.25) is 0 Å². The Kier molecular flexibility index (Phi) is 5.16. The molecule has 1 aliphatic rings. The van der Waals surface area contributed by atoms with Crippen LogP contribution in [0.1, 0.15) is 11.1 Å². The third kappa shape index (κ3) is 4.49. The minimum absolute atomic E-state index is 0.124. The van der Waals surface area contributed by atoms with Crippen molar-refractivity contribution < 1.29 is 4.79 Å². The summed E-state index contributed by atoms with van der Waals surface area (Å²) in [4.78, 5) is 12.3. The number of hydrogen-bond donors (Lipinski definition) is 2. The third-order valence-electron chi connectivity index (χ3n) is 3.15. The predicted molar refractivity (Wildman–Crippen MR) is 86.5 cm³/mol. The van der Waals surface area contributed by atoms with Crippen molar-refractivity contribution in [3.05, 3.63) is 83.6 Å². The van der Waals surface area contributed by atoms with Crippen LogP contribution in [0.15, 0.2) is 72.5 Å². The number of aryl methyl sites for hydroxylation is 1. The molecular weight excluding hydrogens is 260 g/mol. The minimum Gasteiger partial charge on any atom is -0.387 e. The number of benzene rings is 1. The van der Waals surface area contributed by atoms with Crippen molar-refractivity contribution >= 4 is 5.91 Å². The molecule has 2 N–H and O–H groups in total. The van der Waals surface area contributed by atoms with Gasteiger partial charge < -0.3 is 10.6 Å². The smallest absolute Gasteiger partial charge is 0.253 e. The van der Waals surface area contributed by atoms with Crippen molar-refractivity contribution in [1.29, 1.82) is 0 Å². The number of amides is 1. The van der Waals surface area contributed by atoms with Crippen molar-refractivity contribution in [2.45, 2.75) is 13.5 Å². The van der Waals surface area contributed by atoms with Crippen LogP contribution in [0.4, 0.5) is 0 Å². The maximum atomic E-state index is 12.3. The molecule has 3 nitrogen and oxygen atoms in total. The molecule has 2 rings (SSSR count). The first-order valence-electron chi connectivity index (χ1n) is 6.96. The highest BCUT2D eigenvalue weighted by molar-refractivity contribution is 5.98. The lowest BCUT2D eigenvalue weighted by molar-refractivity contribution is -0.117. The molecule has 0 saturated heterocycles. The summed E-state index contributed by atoms with van der Waals surface area (Å²) in [6, 6.07) is 8.09. The number of carbonyl (C=O) groups is 1. The van der Waals surface area contributed by atoms with E-state index in [2.05, 4.69) is 23.3 Å². The monoisotopic (exact) mass is 280 g/mol. The zero-order valence-corrected chi connectivity index (χ0v) is 12.2. The van der Waals surface area contributed by atoms with Gasteiger partial charge in [0.15, 0.2) is 0 Å². The molecule has 0 atom stereocenters. The van der Waals surface area contributed by atoms with Crippen LogP contribution in [-0.4, -0.2) is 12.5 Å². The first kappa shape index (κ1) is 14.9. The van der Waals surface area contributed by atoms with Gasteiger partial charge in [-0.15, -0.1) is 0 Å². The highest BCUT2D eigenvalue weighted by Gasteiger charge is 2.11. The highest BCUT2D eigenvalue weighted by atomic mass is 16.1. The predicted octanol–water partition coefficient (Wildman–Crippen LogP) is 2.77. The van der Waals surface area contributed by atoms with Gasteiger partial charge in [-0.1, -0.05) is 60.7 Å². The summed E-state index contributed by atoms with van der Waals surface area (Å²) < 4.78 is 0. The summed E-state index contributed by atoms with van der Waals surface area (Å²) in [6.07, 6.45) is 9.35. The lowest BCUT2D eigenvalue weighted by atomic mass is 10.1. The molecular formula is C18H20N2O. The number of hydrogen-bond acceptors (Lipinski definition) is 2. The SMILES string of the molecule is C=C1/C=C\C=C/CN/C=C\1C(=O)NCc1cccc(C)c1. The van der Waals surface area contributed by atoms with Gasteiger partial charge in [-0.05, 0) is 18.1 Å². The largest absolute Gasteiger partial charge is 0.387 e. The molecule has 3 heteroatoms. The Labute approximate surface area is 125 Å². The average molecular weight is 280 g/mol. The van der Waals surface area contributed by atoms with Crippen LogP contribution in [0.2, 0.25) is 0 Å². The van der Waals surface area contributed by atoms with E-state index in [1.165, 1.54) is 5.56 Å². The van der Waals surface area contributed by atoms with Gasteiger partial charge >= 0.3 is 0 Å². The summed E-state index contributed by atoms with van der Waals surface area (Å²) in [5.74, 6) is -0.124. The fraction of sp³-hybridized carbons (Fsp3) is 0.167. The molecule has 108 valence electrons. The van der Waals surface area contributed by atoms with Crippen molar-refractivity contribution in [1.82, 2.24) is 10.6 Å². The Hall–Kier alpha value is -2.55. The lowest BCUT2D eigenvalue weighted by Gasteiger charge is -2.10. The van der Waals surface area contributed by atoms with Gasteiger partial charge in [0.25, 0.3) is 5.91 Å². The molecule has 1 aromatic rings. The molecule has 0 unspecified atom stereocenters. The summed E-state index contributed by atoms with van der Waals surface area (Å²) in [7, 11) is 0. The maximum Gasteiger partial charge on any atom is 0.253 e. The molecule has 0 radical (unpaired) electrons. The standard InChI is InChI=1S/C18H20N2O/c1-14-7-6-9-16(11-14)12-20-18(21)17-13-19-10-5-3-4-8-15(17)2/h3-9,11,13,19H,2,10,12H2,1H3,(H,20,21)/b5-3-,8-4-,17-13+. The fourth-order valence-corrected chi connectivity index (χ4v) is 2.04. The molecule has 0 fully saturated rings. The van der Waals surface area contributed by atoms with Crippen LogP contribution in [0.25, 0.3) is 0 Å². The molecule has 0 aliphatic carbocycles. The first-order chi connectivity index (χ1) is 10.2. The average Bonchev–Trinajstić information content (AvgIpc) is 2.57. The van der Waals surface area contributed by atoms with E-state index in [1.807, 2.05) is 49.4 Å².